The Hall–Kier alpha value is -3.33. The van der Waals surface area contributed by atoms with Crippen molar-refractivity contribution in [1.82, 2.24) is 9.78 Å². The van der Waals surface area contributed by atoms with E-state index >= 15 is 0 Å². The molecule has 3 heteroatoms. The average molecular weight is 312 g/mol. The van der Waals surface area contributed by atoms with E-state index in [4.69, 9.17) is 0 Å². The van der Waals surface area contributed by atoms with Gasteiger partial charge in [0.15, 0.2) is 0 Å². The van der Waals surface area contributed by atoms with Crippen LogP contribution in [-0.2, 0) is 0 Å². The standard InChI is InChI=1S/C21H16N2O/c24-21-19(16-10-4-1-5-11-16)20(17-12-6-2-7-13-17)22-23(21)18-14-8-3-9-15-18/h1-15,22H. The molecule has 1 N–H and O–H groups in total. The minimum atomic E-state index is -0.0498. The second kappa shape index (κ2) is 6.05. The Bertz CT molecular complexity index is 1000. The van der Waals surface area contributed by atoms with Gasteiger partial charge in [-0.2, -0.15) is 0 Å². The number of H-pyrrole nitrogens is 1. The van der Waals surface area contributed by atoms with Crippen molar-refractivity contribution in [2.24, 2.45) is 0 Å². The summed E-state index contributed by atoms with van der Waals surface area (Å²) in [6.07, 6.45) is 0. The summed E-state index contributed by atoms with van der Waals surface area (Å²) in [6, 6.07) is 29.3. The molecule has 0 radical (unpaired) electrons. The van der Waals surface area contributed by atoms with E-state index in [9.17, 15) is 4.79 Å². The fourth-order valence-corrected chi connectivity index (χ4v) is 2.88. The van der Waals surface area contributed by atoms with Crippen LogP contribution in [0, 0.1) is 0 Å². The maximum absolute atomic E-state index is 13.1. The zero-order chi connectivity index (χ0) is 16.4. The molecule has 0 aliphatic rings. The van der Waals surface area contributed by atoms with Crippen molar-refractivity contribution in [3.63, 3.8) is 0 Å². The smallest absolute Gasteiger partial charge is 0.279 e. The topological polar surface area (TPSA) is 37.8 Å². The van der Waals surface area contributed by atoms with Crippen LogP contribution in [0.5, 0.6) is 0 Å². The van der Waals surface area contributed by atoms with Crippen LogP contribution in [0.2, 0.25) is 0 Å². The maximum atomic E-state index is 13.1. The van der Waals surface area contributed by atoms with Gasteiger partial charge in [0.1, 0.15) is 0 Å². The fraction of sp³-hybridized carbons (Fsp3) is 0. The lowest BCUT2D eigenvalue weighted by molar-refractivity contribution is 0.853. The Balaban J connectivity index is 2.01. The number of aromatic nitrogens is 2. The largest absolute Gasteiger partial charge is 0.290 e. The van der Waals surface area contributed by atoms with Crippen LogP contribution < -0.4 is 5.56 Å². The molecule has 1 aromatic heterocycles. The normalized spacial score (nSPS) is 10.7. The highest BCUT2D eigenvalue weighted by atomic mass is 16.1. The van der Waals surface area contributed by atoms with Gasteiger partial charge in [-0.3, -0.25) is 9.89 Å². The van der Waals surface area contributed by atoms with E-state index in [0.717, 1.165) is 22.5 Å². The molecule has 0 saturated carbocycles. The molecule has 1 heterocycles. The van der Waals surface area contributed by atoms with Gasteiger partial charge < -0.3 is 0 Å². The molecule has 4 rings (SSSR count). The Labute approximate surface area is 139 Å². The van der Waals surface area contributed by atoms with Crippen molar-refractivity contribution < 1.29 is 0 Å². The summed E-state index contributed by atoms with van der Waals surface area (Å²) in [4.78, 5) is 13.1. The summed E-state index contributed by atoms with van der Waals surface area (Å²) in [5.41, 5.74) is 4.19. The molecule has 0 spiro atoms. The van der Waals surface area contributed by atoms with Crippen molar-refractivity contribution in [3.05, 3.63) is 101 Å². The number of aromatic amines is 1. The van der Waals surface area contributed by atoms with Gasteiger partial charge in [0.05, 0.1) is 16.9 Å². The van der Waals surface area contributed by atoms with E-state index in [1.54, 1.807) is 4.68 Å². The monoisotopic (exact) mass is 312 g/mol. The van der Waals surface area contributed by atoms with Gasteiger partial charge in [-0.15, -0.1) is 0 Å². The second-order valence-corrected chi connectivity index (χ2v) is 5.57. The SMILES string of the molecule is O=c1c(-c2ccccc2)c(-c2ccccc2)[nH]n1-c1ccccc1. The number of hydrogen-bond acceptors (Lipinski definition) is 1. The first-order chi connectivity index (χ1) is 11.8. The van der Waals surface area contributed by atoms with Crippen molar-refractivity contribution in [3.8, 4) is 28.1 Å². The summed E-state index contributed by atoms with van der Waals surface area (Å²) in [7, 11) is 0. The molecule has 116 valence electrons. The molecule has 0 unspecified atom stereocenters. The van der Waals surface area contributed by atoms with Gasteiger partial charge in [-0.05, 0) is 17.7 Å². The molecule has 24 heavy (non-hydrogen) atoms. The van der Waals surface area contributed by atoms with Crippen LogP contribution in [0.25, 0.3) is 28.1 Å². The third kappa shape index (κ3) is 2.46. The van der Waals surface area contributed by atoms with Crippen molar-refractivity contribution >= 4 is 0 Å². The lowest BCUT2D eigenvalue weighted by atomic mass is 10.0. The first-order valence-electron chi connectivity index (χ1n) is 7.86. The van der Waals surface area contributed by atoms with Gasteiger partial charge in [0, 0.05) is 5.56 Å². The summed E-state index contributed by atoms with van der Waals surface area (Å²) >= 11 is 0. The lowest BCUT2D eigenvalue weighted by Gasteiger charge is -2.02. The van der Waals surface area contributed by atoms with Crippen LogP contribution in [0.1, 0.15) is 0 Å². The molecule has 0 saturated heterocycles. The number of rotatable bonds is 3. The number of para-hydroxylation sites is 1. The predicted molar refractivity (Wildman–Crippen MR) is 97.3 cm³/mol. The summed E-state index contributed by atoms with van der Waals surface area (Å²) < 4.78 is 1.60. The van der Waals surface area contributed by atoms with Crippen molar-refractivity contribution in [2.75, 3.05) is 0 Å². The summed E-state index contributed by atoms with van der Waals surface area (Å²) in [5.74, 6) is 0. The van der Waals surface area contributed by atoms with E-state index in [1.807, 2.05) is 91.0 Å². The average Bonchev–Trinajstić information content (AvgIpc) is 3.01. The molecule has 0 amide bonds. The van der Waals surface area contributed by atoms with Crippen LogP contribution in [0.4, 0.5) is 0 Å². The van der Waals surface area contributed by atoms with Crippen molar-refractivity contribution in [1.29, 1.82) is 0 Å². The second-order valence-electron chi connectivity index (χ2n) is 5.57. The Kier molecular flexibility index (Phi) is 3.60. The van der Waals surface area contributed by atoms with Crippen molar-refractivity contribution in [2.45, 2.75) is 0 Å². The Morgan fingerprint density at radius 1 is 0.625 bits per heavy atom. The molecular weight excluding hydrogens is 296 g/mol. The number of nitrogens with zero attached hydrogens (tertiary/aromatic N) is 1. The first kappa shape index (κ1) is 14.3. The minimum absolute atomic E-state index is 0.0498. The fourth-order valence-electron chi connectivity index (χ4n) is 2.88. The molecule has 0 bridgehead atoms. The van der Waals surface area contributed by atoms with E-state index in [2.05, 4.69) is 5.10 Å². The van der Waals surface area contributed by atoms with Gasteiger partial charge >= 0.3 is 0 Å². The highest BCUT2D eigenvalue weighted by Gasteiger charge is 2.17. The van der Waals surface area contributed by atoms with Gasteiger partial charge in [-0.25, -0.2) is 4.68 Å². The van der Waals surface area contributed by atoms with E-state index in [1.165, 1.54) is 0 Å². The van der Waals surface area contributed by atoms with Gasteiger partial charge in [0.25, 0.3) is 5.56 Å². The molecule has 3 nitrogen and oxygen atoms in total. The van der Waals surface area contributed by atoms with Crippen LogP contribution in [0.15, 0.2) is 95.8 Å². The van der Waals surface area contributed by atoms with Gasteiger partial charge in [0.2, 0.25) is 0 Å². The third-order valence-corrected chi connectivity index (χ3v) is 4.03. The van der Waals surface area contributed by atoms with Crippen LogP contribution in [0.3, 0.4) is 0 Å². The number of benzene rings is 3. The van der Waals surface area contributed by atoms with Gasteiger partial charge in [-0.1, -0.05) is 78.9 Å². The number of hydrogen-bond donors (Lipinski definition) is 1. The molecule has 0 fully saturated rings. The van der Waals surface area contributed by atoms with E-state index in [0.29, 0.717) is 5.56 Å². The Morgan fingerprint density at radius 3 is 1.71 bits per heavy atom. The highest BCUT2D eigenvalue weighted by Crippen LogP contribution is 2.28. The first-order valence-corrected chi connectivity index (χ1v) is 7.86. The highest BCUT2D eigenvalue weighted by molar-refractivity contribution is 5.80. The van der Waals surface area contributed by atoms with Crippen LogP contribution >= 0.6 is 0 Å². The van der Waals surface area contributed by atoms with Crippen LogP contribution in [-0.4, -0.2) is 9.78 Å². The van der Waals surface area contributed by atoms with E-state index < -0.39 is 0 Å². The summed E-state index contributed by atoms with van der Waals surface area (Å²) in [6.45, 7) is 0. The summed E-state index contributed by atoms with van der Waals surface area (Å²) in [5, 5.41) is 3.29. The molecule has 0 aliphatic heterocycles. The Morgan fingerprint density at radius 2 is 1.12 bits per heavy atom. The third-order valence-electron chi connectivity index (χ3n) is 4.03. The lowest BCUT2D eigenvalue weighted by Crippen LogP contribution is -2.15. The molecular formula is C21H16N2O. The molecule has 3 aromatic carbocycles. The molecule has 4 aromatic rings. The zero-order valence-corrected chi connectivity index (χ0v) is 13.0. The quantitative estimate of drug-likeness (QED) is 0.594. The zero-order valence-electron chi connectivity index (χ0n) is 13.0. The predicted octanol–water partition coefficient (Wildman–Crippen LogP) is 4.50. The maximum Gasteiger partial charge on any atom is 0.279 e. The van der Waals surface area contributed by atoms with E-state index in [-0.39, 0.29) is 5.56 Å². The molecule has 0 atom stereocenters. The number of nitrogens with one attached hydrogen (secondary N) is 1. The molecule has 0 aliphatic carbocycles. The minimum Gasteiger partial charge on any atom is -0.290 e.